The highest BCUT2D eigenvalue weighted by molar-refractivity contribution is 7.89. The summed E-state index contributed by atoms with van der Waals surface area (Å²) in [6.45, 7) is 4.93. The van der Waals surface area contributed by atoms with Gasteiger partial charge in [-0.2, -0.15) is 4.39 Å². The van der Waals surface area contributed by atoms with Crippen LogP contribution in [0.1, 0.15) is 30.9 Å². The highest BCUT2D eigenvalue weighted by atomic mass is 32.2. The number of unbranched alkanes of at least 4 members (excludes halogenated alkanes) is 1. The third-order valence-corrected chi connectivity index (χ3v) is 5.45. The van der Waals surface area contributed by atoms with Gasteiger partial charge in [0.05, 0.1) is 15.4 Å². The minimum absolute atomic E-state index is 0.166. The number of halogens is 1. The van der Waals surface area contributed by atoms with Crippen LogP contribution in [0.3, 0.4) is 0 Å². The molecule has 6 nitrogen and oxygen atoms in total. The number of benzene rings is 1. The molecule has 21 heavy (non-hydrogen) atoms. The van der Waals surface area contributed by atoms with Gasteiger partial charge in [0.1, 0.15) is 0 Å². The topological polar surface area (TPSA) is 80.5 Å². The molecule has 0 radical (unpaired) electrons. The van der Waals surface area contributed by atoms with E-state index in [-0.39, 0.29) is 16.0 Å². The van der Waals surface area contributed by atoms with Gasteiger partial charge in [-0.25, -0.2) is 12.7 Å². The minimum atomic E-state index is -3.88. The fourth-order valence-corrected chi connectivity index (χ4v) is 3.81. The van der Waals surface area contributed by atoms with Crippen LogP contribution in [0.4, 0.5) is 10.1 Å². The molecule has 0 bridgehead atoms. The Morgan fingerprint density at radius 3 is 2.43 bits per heavy atom. The summed E-state index contributed by atoms with van der Waals surface area (Å²) < 4.78 is 39.9. The molecule has 0 aromatic heterocycles. The summed E-state index contributed by atoms with van der Waals surface area (Å²) in [5.41, 5.74) is -0.789. The lowest BCUT2D eigenvalue weighted by Gasteiger charge is -2.19. The summed E-state index contributed by atoms with van der Waals surface area (Å²) in [5.74, 6) is -1.02. The van der Waals surface area contributed by atoms with E-state index in [1.54, 1.807) is 0 Å². The van der Waals surface area contributed by atoms with Crippen LogP contribution in [0.2, 0.25) is 0 Å². The Hall–Kier alpha value is -1.54. The molecule has 0 saturated heterocycles. The second-order valence-electron chi connectivity index (χ2n) is 4.92. The maximum Gasteiger partial charge on any atom is 0.309 e. The molecule has 0 atom stereocenters. The number of nitro groups is 1. The van der Waals surface area contributed by atoms with Crippen molar-refractivity contribution in [1.29, 1.82) is 0 Å². The molecule has 0 heterocycles. The predicted octanol–water partition coefficient (Wildman–Crippen LogP) is 2.77. The average molecular weight is 318 g/mol. The first-order valence-electron chi connectivity index (χ1n) is 6.55. The summed E-state index contributed by atoms with van der Waals surface area (Å²) >= 11 is 0. The maximum atomic E-state index is 13.7. The van der Waals surface area contributed by atoms with E-state index in [0.29, 0.717) is 13.0 Å². The van der Waals surface area contributed by atoms with Crippen molar-refractivity contribution in [3.63, 3.8) is 0 Å². The smallest absolute Gasteiger partial charge is 0.258 e. The van der Waals surface area contributed by atoms with Crippen LogP contribution in [0.25, 0.3) is 0 Å². The van der Waals surface area contributed by atoms with Crippen molar-refractivity contribution in [2.45, 2.75) is 38.5 Å². The van der Waals surface area contributed by atoms with Crippen LogP contribution >= 0.6 is 0 Å². The number of aryl methyl sites for hydroxylation is 1. The molecule has 0 unspecified atom stereocenters. The van der Waals surface area contributed by atoms with Gasteiger partial charge in [-0.1, -0.05) is 13.3 Å². The van der Waals surface area contributed by atoms with E-state index in [0.717, 1.165) is 16.8 Å². The monoisotopic (exact) mass is 318 g/mol. The molecule has 8 heteroatoms. The lowest BCUT2D eigenvalue weighted by molar-refractivity contribution is -0.388. The largest absolute Gasteiger partial charge is 0.309 e. The van der Waals surface area contributed by atoms with E-state index in [1.807, 2.05) is 6.92 Å². The van der Waals surface area contributed by atoms with Crippen molar-refractivity contribution >= 4 is 15.7 Å². The first-order chi connectivity index (χ1) is 9.64. The van der Waals surface area contributed by atoms with Gasteiger partial charge in [0.2, 0.25) is 15.8 Å². The number of nitro benzene ring substituents is 1. The third kappa shape index (κ3) is 3.38. The number of hydrogen-bond acceptors (Lipinski definition) is 4. The Labute approximate surface area is 123 Å². The van der Waals surface area contributed by atoms with Crippen LogP contribution in [0.15, 0.2) is 11.0 Å². The van der Waals surface area contributed by atoms with Crippen LogP contribution in [0.5, 0.6) is 0 Å². The fourth-order valence-electron chi connectivity index (χ4n) is 2.18. The predicted molar refractivity (Wildman–Crippen MR) is 77.3 cm³/mol. The van der Waals surface area contributed by atoms with Crippen molar-refractivity contribution in [2.75, 3.05) is 13.6 Å². The number of sulfonamides is 1. The Morgan fingerprint density at radius 2 is 1.95 bits per heavy atom. The normalized spacial score (nSPS) is 11.9. The molecule has 0 saturated carbocycles. The van der Waals surface area contributed by atoms with Gasteiger partial charge in [0.25, 0.3) is 0 Å². The van der Waals surface area contributed by atoms with Gasteiger partial charge < -0.3 is 0 Å². The molecule has 0 amide bonds. The fraction of sp³-hybridized carbons (Fsp3) is 0.538. The molecular formula is C13H19FN2O4S. The summed E-state index contributed by atoms with van der Waals surface area (Å²) in [6, 6.07) is 0.895. The lowest BCUT2D eigenvalue weighted by atomic mass is 10.1. The van der Waals surface area contributed by atoms with E-state index >= 15 is 0 Å². The van der Waals surface area contributed by atoms with Gasteiger partial charge in [-0.3, -0.25) is 10.1 Å². The molecule has 0 aliphatic rings. The molecule has 1 rings (SSSR count). The molecule has 0 aliphatic heterocycles. The summed E-state index contributed by atoms with van der Waals surface area (Å²) in [7, 11) is -2.47. The highest BCUT2D eigenvalue weighted by Crippen LogP contribution is 2.32. The van der Waals surface area contributed by atoms with Crippen molar-refractivity contribution in [2.24, 2.45) is 0 Å². The van der Waals surface area contributed by atoms with E-state index < -0.39 is 26.5 Å². The zero-order valence-electron chi connectivity index (χ0n) is 12.5. The van der Waals surface area contributed by atoms with Crippen molar-refractivity contribution in [1.82, 2.24) is 4.31 Å². The van der Waals surface area contributed by atoms with Crippen molar-refractivity contribution in [3.8, 4) is 0 Å². The van der Waals surface area contributed by atoms with Crippen LogP contribution in [-0.2, 0) is 10.0 Å². The summed E-state index contributed by atoms with van der Waals surface area (Å²) in [6.07, 6.45) is 1.50. The van der Waals surface area contributed by atoms with Gasteiger partial charge in [0.15, 0.2) is 0 Å². The van der Waals surface area contributed by atoms with Gasteiger partial charge in [-0.05, 0) is 31.9 Å². The molecule has 1 aromatic carbocycles. The number of rotatable bonds is 6. The van der Waals surface area contributed by atoms with E-state index in [9.17, 15) is 22.9 Å². The molecule has 0 spiro atoms. The van der Waals surface area contributed by atoms with E-state index in [4.69, 9.17) is 0 Å². The maximum absolute atomic E-state index is 13.7. The zero-order valence-corrected chi connectivity index (χ0v) is 13.3. The zero-order chi connectivity index (χ0) is 16.4. The van der Waals surface area contributed by atoms with E-state index in [1.165, 1.54) is 20.9 Å². The Morgan fingerprint density at radius 1 is 1.38 bits per heavy atom. The average Bonchev–Trinajstić information content (AvgIpc) is 2.33. The molecule has 0 aliphatic carbocycles. The van der Waals surface area contributed by atoms with Crippen LogP contribution in [0, 0.1) is 29.8 Å². The molecule has 0 N–H and O–H groups in total. The molecule has 118 valence electrons. The first kappa shape index (κ1) is 17.5. The molecular weight excluding hydrogens is 299 g/mol. The number of hydrogen-bond donors (Lipinski definition) is 0. The van der Waals surface area contributed by atoms with E-state index in [2.05, 4.69) is 0 Å². The van der Waals surface area contributed by atoms with Crippen molar-refractivity contribution in [3.05, 3.63) is 33.1 Å². The Kier molecular flexibility index (Phi) is 5.41. The molecule has 0 fully saturated rings. The molecule has 1 aromatic rings. The second-order valence-corrected chi connectivity index (χ2v) is 6.90. The Bertz CT molecular complexity index is 659. The summed E-state index contributed by atoms with van der Waals surface area (Å²) in [4.78, 5) is 9.85. The van der Waals surface area contributed by atoms with Gasteiger partial charge in [-0.15, -0.1) is 0 Å². The second kappa shape index (κ2) is 6.48. The Balaban J connectivity index is 3.49. The minimum Gasteiger partial charge on any atom is -0.258 e. The standard InChI is InChI=1S/C13H19FN2O4S/c1-5-6-7-15(4)21(19,20)13-9(2)8-11(14)12(10(13)3)16(17)18/h8H,5-7H2,1-4H3. The van der Waals surface area contributed by atoms with Crippen LogP contribution in [-0.4, -0.2) is 31.2 Å². The van der Waals surface area contributed by atoms with Gasteiger partial charge >= 0.3 is 5.69 Å². The first-order valence-corrected chi connectivity index (χ1v) is 7.99. The van der Waals surface area contributed by atoms with Gasteiger partial charge in [0, 0.05) is 13.6 Å². The quantitative estimate of drug-likeness (QED) is 0.596. The lowest BCUT2D eigenvalue weighted by Crippen LogP contribution is -2.29. The SMILES string of the molecule is CCCCN(C)S(=O)(=O)c1c(C)cc(F)c([N+](=O)[O-])c1C. The van der Waals surface area contributed by atoms with Crippen molar-refractivity contribution < 1.29 is 17.7 Å². The third-order valence-electron chi connectivity index (χ3n) is 3.30. The number of nitrogens with zero attached hydrogens (tertiary/aromatic N) is 2. The highest BCUT2D eigenvalue weighted by Gasteiger charge is 2.31. The van der Waals surface area contributed by atoms with Crippen LogP contribution < -0.4 is 0 Å². The summed E-state index contributed by atoms with van der Waals surface area (Å²) in [5, 5.41) is 10.9.